The summed E-state index contributed by atoms with van der Waals surface area (Å²) in [6.07, 6.45) is -0.612. The Bertz CT molecular complexity index is 921. The molecule has 13 heteroatoms. The summed E-state index contributed by atoms with van der Waals surface area (Å²) >= 11 is 0. The van der Waals surface area contributed by atoms with Gasteiger partial charge in [-0.2, -0.15) is 0 Å². The van der Waals surface area contributed by atoms with Gasteiger partial charge in [0.2, 0.25) is 17.2 Å². The van der Waals surface area contributed by atoms with Gasteiger partial charge in [0.15, 0.2) is 34.5 Å². The van der Waals surface area contributed by atoms with Crippen LogP contribution in [0.3, 0.4) is 0 Å². The average Bonchev–Trinajstić information content (AvgIpc) is 2.64. The van der Waals surface area contributed by atoms with E-state index in [4.69, 9.17) is 47.8 Å². The molecule has 29 heavy (non-hydrogen) atoms. The molecule has 0 amide bonds. The first kappa shape index (κ1) is 22.6. The van der Waals surface area contributed by atoms with Gasteiger partial charge in [0.05, 0.1) is 22.8 Å². The lowest BCUT2D eigenvalue weighted by molar-refractivity contribution is 0.325. The van der Waals surface area contributed by atoms with E-state index in [0.29, 0.717) is 0 Å². The molecule has 0 fully saturated rings. The summed E-state index contributed by atoms with van der Waals surface area (Å²) in [7, 11) is 0. The van der Waals surface area contributed by atoms with Crippen molar-refractivity contribution in [1.29, 1.82) is 10.8 Å². The lowest BCUT2D eigenvalue weighted by atomic mass is 10.1. The fraction of sp³-hybridized carbons (Fsp3) is 0.125. The van der Waals surface area contributed by atoms with Crippen molar-refractivity contribution in [2.75, 3.05) is 0 Å². The van der Waals surface area contributed by atoms with E-state index in [-0.39, 0.29) is 35.6 Å². The second-order valence-electron chi connectivity index (χ2n) is 5.72. The summed E-state index contributed by atoms with van der Waals surface area (Å²) in [5.41, 5.74) is 9.60. The van der Waals surface area contributed by atoms with Crippen LogP contribution in [0.1, 0.15) is 11.1 Å². The van der Waals surface area contributed by atoms with Gasteiger partial charge in [0.1, 0.15) is 0 Å². The Labute approximate surface area is 162 Å². The first-order chi connectivity index (χ1) is 13.3. The Balaban J connectivity index is 0.000000291. The molecule has 0 aliphatic rings. The molecule has 2 rings (SSSR count). The van der Waals surface area contributed by atoms with Crippen LogP contribution in [-0.2, 0) is 12.8 Å². The van der Waals surface area contributed by atoms with Crippen molar-refractivity contribution in [3.8, 4) is 51.7 Å². The first-order valence-electron chi connectivity index (χ1n) is 7.58. The van der Waals surface area contributed by atoms with E-state index < -0.39 is 51.7 Å². The molecule has 13 nitrogen and oxygen atoms in total. The van der Waals surface area contributed by atoms with E-state index in [0.717, 1.165) is 6.07 Å². The predicted molar refractivity (Wildman–Crippen MR) is 99.1 cm³/mol. The summed E-state index contributed by atoms with van der Waals surface area (Å²) in [4.78, 5) is 0. The number of rotatable bonds is 4. The molecule has 0 aliphatic heterocycles. The largest absolute Gasteiger partial charge is 0.504 e. The van der Waals surface area contributed by atoms with E-state index in [1.807, 2.05) is 0 Å². The quantitative estimate of drug-likeness (QED) is 0.134. The van der Waals surface area contributed by atoms with Crippen LogP contribution in [0.25, 0.3) is 0 Å². The topological polar surface area (TPSA) is 282 Å². The number of hydrogen-bond acceptors (Lipinski definition) is 11. The summed E-state index contributed by atoms with van der Waals surface area (Å²) < 4.78 is 0. The van der Waals surface area contributed by atoms with Crippen molar-refractivity contribution in [3.05, 3.63) is 17.2 Å². The molecule has 0 radical (unpaired) electrons. The molecular weight excluding hydrogens is 392 g/mol. The zero-order valence-electron chi connectivity index (χ0n) is 14.7. The van der Waals surface area contributed by atoms with Crippen molar-refractivity contribution in [1.82, 2.24) is 0 Å². The van der Waals surface area contributed by atoms with Crippen LogP contribution < -0.4 is 11.5 Å². The minimum atomic E-state index is -1.03. The minimum absolute atomic E-state index is 0.171. The van der Waals surface area contributed by atoms with Crippen LogP contribution >= 0.6 is 0 Å². The Morgan fingerprint density at radius 1 is 0.552 bits per heavy atom. The highest BCUT2D eigenvalue weighted by Gasteiger charge is 2.23. The monoisotopic (exact) mass is 412 g/mol. The number of phenolic OH excluding ortho intramolecular Hbond substituents is 9. The SMILES string of the molecule is N=C(N)Cc1c(O)c(O)c(O)c(O)c1O.N=C(N)Cc1c(O)c(O)cc(O)c1O. The van der Waals surface area contributed by atoms with Crippen LogP contribution in [0.5, 0.6) is 51.7 Å². The van der Waals surface area contributed by atoms with Crippen LogP contribution in [0, 0.1) is 10.8 Å². The minimum Gasteiger partial charge on any atom is -0.504 e. The summed E-state index contributed by atoms with van der Waals surface area (Å²) in [5.74, 6) is -7.62. The summed E-state index contributed by atoms with van der Waals surface area (Å²) in [6.45, 7) is 0. The van der Waals surface area contributed by atoms with Crippen molar-refractivity contribution in [3.63, 3.8) is 0 Å². The van der Waals surface area contributed by atoms with Gasteiger partial charge in [-0.25, -0.2) is 0 Å². The van der Waals surface area contributed by atoms with E-state index in [1.165, 1.54) is 0 Å². The molecule has 15 N–H and O–H groups in total. The lowest BCUT2D eigenvalue weighted by Gasteiger charge is -2.11. The smallest absolute Gasteiger partial charge is 0.208 e. The van der Waals surface area contributed by atoms with Gasteiger partial charge in [-0.3, -0.25) is 10.8 Å². The van der Waals surface area contributed by atoms with E-state index in [9.17, 15) is 20.4 Å². The Kier molecular flexibility index (Phi) is 6.64. The number of aromatic hydroxyl groups is 9. The zero-order chi connectivity index (χ0) is 22.6. The summed E-state index contributed by atoms with van der Waals surface area (Å²) in [5, 5.41) is 96.5. The zero-order valence-corrected chi connectivity index (χ0v) is 14.7. The number of hydrogen-bond donors (Lipinski definition) is 13. The number of benzene rings is 2. The van der Waals surface area contributed by atoms with Crippen molar-refractivity contribution >= 4 is 11.7 Å². The molecule has 0 saturated carbocycles. The molecule has 158 valence electrons. The third-order valence-corrected chi connectivity index (χ3v) is 3.53. The van der Waals surface area contributed by atoms with Gasteiger partial charge in [-0.1, -0.05) is 0 Å². The van der Waals surface area contributed by atoms with Crippen LogP contribution in [0.15, 0.2) is 6.07 Å². The van der Waals surface area contributed by atoms with Crippen LogP contribution in [-0.4, -0.2) is 57.6 Å². The maximum Gasteiger partial charge on any atom is 0.208 e. The predicted octanol–water partition coefficient (Wildman–Crippen LogP) is -0.319. The van der Waals surface area contributed by atoms with Crippen molar-refractivity contribution < 1.29 is 46.0 Å². The van der Waals surface area contributed by atoms with E-state index >= 15 is 0 Å². The first-order valence-corrected chi connectivity index (χ1v) is 7.58. The van der Waals surface area contributed by atoms with Crippen molar-refractivity contribution in [2.45, 2.75) is 12.8 Å². The van der Waals surface area contributed by atoms with Gasteiger partial charge < -0.3 is 57.4 Å². The number of nitrogens with two attached hydrogens (primary N) is 2. The molecule has 2 aromatic carbocycles. The normalized spacial score (nSPS) is 10.1. The lowest BCUT2D eigenvalue weighted by Crippen LogP contribution is -2.12. The highest BCUT2D eigenvalue weighted by atomic mass is 16.4. The molecule has 0 spiro atoms. The third kappa shape index (κ3) is 4.85. The Morgan fingerprint density at radius 3 is 1.14 bits per heavy atom. The van der Waals surface area contributed by atoms with Crippen LogP contribution in [0.4, 0.5) is 0 Å². The highest BCUT2D eigenvalue weighted by molar-refractivity contribution is 5.83. The molecule has 2 aromatic rings. The average molecular weight is 412 g/mol. The second-order valence-corrected chi connectivity index (χ2v) is 5.72. The molecular formula is C16H20N4O9. The Hall–Kier alpha value is -4.42. The second kappa shape index (κ2) is 8.51. The standard InChI is InChI=1S/C8H10N2O5.C8H10N2O4/c9-3(10)1-2-4(11)6(13)8(15)7(14)5(2)12;9-6(10)1-3-7(13)4(11)2-5(12)8(3)14/h11-15H,1H2,(H3,9,10);2,11-14H,1H2,(H3,9,10). The molecule has 0 saturated heterocycles. The molecule has 0 heterocycles. The fourth-order valence-electron chi connectivity index (χ4n) is 2.14. The highest BCUT2D eigenvalue weighted by Crippen LogP contribution is 2.50. The van der Waals surface area contributed by atoms with Gasteiger partial charge in [0.25, 0.3) is 0 Å². The molecule has 0 aromatic heterocycles. The molecule has 0 aliphatic carbocycles. The Morgan fingerprint density at radius 2 is 0.828 bits per heavy atom. The fourth-order valence-corrected chi connectivity index (χ4v) is 2.14. The van der Waals surface area contributed by atoms with Gasteiger partial charge in [-0.15, -0.1) is 0 Å². The number of phenols is 9. The van der Waals surface area contributed by atoms with Gasteiger partial charge in [0, 0.05) is 18.9 Å². The number of nitrogens with one attached hydrogen (secondary N) is 2. The van der Waals surface area contributed by atoms with Gasteiger partial charge >= 0.3 is 0 Å². The van der Waals surface area contributed by atoms with Crippen molar-refractivity contribution in [2.24, 2.45) is 11.5 Å². The maximum atomic E-state index is 9.30. The molecule has 0 unspecified atom stereocenters. The number of amidine groups is 2. The maximum absolute atomic E-state index is 9.30. The third-order valence-electron chi connectivity index (χ3n) is 3.53. The van der Waals surface area contributed by atoms with E-state index in [1.54, 1.807) is 0 Å². The van der Waals surface area contributed by atoms with Crippen LogP contribution in [0.2, 0.25) is 0 Å². The molecule has 0 bridgehead atoms. The summed E-state index contributed by atoms with van der Waals surface area (Å²) in [6, 6.07) is 0.800. The molecule has 0 atom stereocenters. The van der Waals surface area contributed by atoms with Gasteiger partial charge in [-0.05, 0) is 0 Å². The van der Waals surface area contributed by atoms with E-state index in [2.05, 4.69) is 0 Å².